The lowest BCUT2D eigenvalue weighted by atomic mass is 9.89. The van der Waals surface area contributed by atoms with Crippen molar-refractivity contribution >= 4 is 79.8 Å². The summed E-state index contributed by atoms with van der Waals surface area (Å²) in [5, 5.41) is 10.6. The fourth-order valence-corrected chi connectivity index (χ4v) is 6.73. The van der Waals surface area contributed by atoms with Crippen molar-refractivity contribution in [1.29, 1.82) is 0 Å². The number of halogens is 1. The molecule has 7 rings (SSSR count). The van der Waals surface area contributed by atoms with Gasteiger partial charge in [0, 0.05) is 24.6 Å². The van der Waals surface area contributed by atoms with Gasteiger partial charge in [-0.3, -0.25) is 0 Å². The molecule has 6 aromatic carbocycles. The van der Waals surface area contributed by atoms with Crippen LogP contribution >= 0.6 is 27.3 Å². The number of hydrogen-bond acceptors (Lipinski definition) is 1. The zero-order valence-electron chi connectivity index (χ0n) is 15.9. The molecule has 0 fully saturated rings. The highest BCUT2D eigenvalue weighted by atomic mass is 79.9. The zero-order chi connectivity index (χ0) is 19.8. The molecule has 0 nitrogen and oxygen atoms in total. The Balaban J connectivity index is 1.70. The SMILES string of the molecule is Brc1cc2cccc3ccc4c(-c5cccc6sc7ccccc7c56)ccc1c4c32. The highest BCUT2D eigenvalue weighted by molar-refractivity contribution is 9.10. The van der Waals surface area contributed by atoms with E-state index in [1.54, 1.807) is 0 Å². The van der Waals surface area contributed by atoms with Gasteiger partial charge in [-0.25, -0.2) is 0 Å². The van der Waals surface area contributed by atoms with E-state index in [0.29, 0.717) is 0 Å². The Morgan fingerprint density at radius 3 is 2.27 bits per heavy atom. The van der Waals surface area contributed by atoms with Gasteiger partial charge in [0.25, 0.3) is 0 Å². The fraction of sp³-hybridized carbons (Fsp3) is 0. The molecule has 0 N–H and O–H groups in total. The van der Waals surface area contributed by atoms with Gasteiger partial charge in [-0.05, 0) is 61.6 Å². The van der Waals surface area contributed by atoms with Crippen LogP contribution in [0.25, 0.3) is 63.6 Å². The average molecular weight is 463 g/mol. The first-order valence-corrected chi connectivity index (χ1v) is 11.7. The van der Waals surface area contributed by atoms with Crippen molar-refractivity contribution in [3.8, 4) is 11.1 Å². The van der Waals surface area contributed by atoms with Crippen molar-refractivity contribution in [2.75, 3.05) is 0 Å². The minimum absolute atomic E-state index is 1.16. The molecule has 1 aromatic heterocycles. The summed E-state index contributed by atoms with van der Waals surface area (Å²) >= 11 is 5.70. The van der Waals surface area contributed by atoms with Crippen molar-refractivity contribution in [3.05, 3.63) is 95.5 Å². The van der Waals surface area contributed by atoms with Gasteiger partial charge in [0.1, 0.15) is 0 Å². The summed E-state index contributed by atoms with van der Waals surface area (Å²) in [5.74, 6) is 0. The van der Waals surface area contributed by atoms with Crippen LogP contribution in [-0.4, -0.2) is 0 Å². The van der Waals surface area contributed by atoms with Crippen LogP contribution < -0.4 is 0 Å². The molecule has 0 aliphatic rings. The molecule has 0 saturated heterocycles. The molecule has 0 unspecified atom stereocenters. The number of hydrogen-bond donors (Lipinski definition) is 0. The van der Waals surface area contributed by atoms with Crippen molar-refractivity contribution in [3.63, 3.8) is 0 Å². The van der Waals surface area contributed by atoms with E-state index >= 15 is 0 Å². The van der Waals surface area contributed by atoms with Gasteiger partial charge in [-0.2, -0.15) is 0 Å². The van der Waals surface area contributed by atoms with E-state index in [2.05, 4.69) is 107 Å². The Bertz CT molecular complexity index is 1760. The second-order valence-corrected chi connectivity index (χ2v) is 9.80. The first-order valence-electron chi connectivity index (χ1n) is 10.1. The van der Waals surface area contributed by atoms with E-state index in [1.165, 1.54) is 63.6 Å². The second kappa shape index (κ2) is 6.04. The molecule has 0 radical (unpaired) electrons. The molecule has 0 aliphatic carbocycles. The standard InChI is InChI=1S/C28H15BrS/c29-23-15-17-6-3-5-16-11-12-20-18(13-14-21(23)28(20)26(16)17)19-8-4-10-25-27(19)22-7-1-2-9-24(22)30-25/h1-15H. The van der Waals surface area contributed by atoms with Crippen LogP contribution in [0.5, 0.6) is 0 Å². The molecule has 7 aromatic rings. The Hall–Kier alpha value is -2.94. The maximum absolute atomic E-state index is 3.83. The summed E-state index contributed by atoms with van der Waals surface area (Å²) in [5.41, 5.74) is 2.63. The predicted molar refractivity (Wildman–Crippen MR) is 136 cm³/mol. The monoisotopic (exact) mass is 462 g/mol. The second-order valence-electron chi connectivity index (χ2n) is 7.86. The first-order chi connectivity index (χ1) is 14.8. The molecule has 0 amide bonds. The largest absolute Gasteiger partial charge is 0.135 e. The van der Waals surface area contributed by atoms with Crippen molar-refractivity contribution in [1.82, 2.24) is 0 Å². The van der Waals surface area contributed by atoms with Crippen LogP contribution in [0.3, 0.4) is 0 Å². The van der Waals surface area contributed by atoms with E-state index in [1.807, 2.05) is 11.3 Å². The molecule has 30 heavy (non-hydrogen) atoms. The van der Waals surface area contributed by atoms with Crippen LogP contribution in [0.1, 0.15) is 0 Å². The van der Waals surface area contributed by atoms with E-state index in [-0.39, 0.29) is 0 Å². The van der Waals surface area contributed by atoms with Crippen LogP contribution in [0, 0.1) is 0 Å². The number of thiophene rings is 1. The fourth-order valence-electron chi connectivity index (χ4n) is 5.02. The third-order valence-electron chi connectivity index (χ3n) is 6.29. The van der Waals surface area contributed by atoms with Gasteiger partial charge in [-0.15, -0.1) is 11.3 Å². The number of rotatable bonds is 1. The van der Waals surface area contributed by atoms with Crippen LogP contribution in [0.2, 0.25) is 0 Å². The maximum atomic E-state index is 3.83. The molecule has 0 atom stereocenters. The van der Waals surface area contributed by atoms with Gasteiger partial charge in [-0.1, -0.05) is 88.7 Å². The molecular weight excluding hydrogens is 448 g/mol. The highest BCUT2D eigenvalue weighted by Gasteiger charge is 2.16. The molecule has 0 spiro atoms. The lowest BCUT2D eigenvalue weighted by Crippen LogP contribution is -1.88. The van der Waals surface area contributed by atoms with Gasteiger partial charge in [0.15, 0.2) is 0 Å². The quantitative estimate of drug-likeness (QED) is 0.213. The summed E-state index contributed by atoms with van der Waals surface area (Å²) in [6.07, 6.45) is 0. The Kier molecular flexibility index (Phi) is 3.38. The smallest absolute Gasteiger partial charge is 0.0361 e. The molecular formula is C28H15BrS. The highest BCUT2D eigenvalue weighted by Crippen LogP contribution is 2.45. The van der Waals surface area contributed by atoms with Crippen molar-refractivity contribution < 1.29 is 0 Å². The third-order valence-corrected chi connectivity index (χ3v) is 8.08. The molecule has 0 bridgehead atoms. The minimum atomic E-state index is 1.16. The summed E-state index contributed by atoms with van der Waals surface area (Å²) < 4.78 is 3.85. The summed E-state index contributed by atoms with van der Waals surface area (Å²) in [7, 11) is 0. The molecule has 140 valence electrons. The van der Waals surface area contributed by atoms with Crippen molar-refractivity contribution in [2.24, 2.45) is 0 Å². The molecule has 2 heteroatoms. The van der Waals surface area contributed by atoms with Crippen molar-refractivity contribution in [2.45, 2.75) is 0 Å². The maximum Gasteiger partial charge on any atom is 0.0361 e. The summed E-state index contributed by atoms with van der Waals surface area (Å²) in [6, 6.07) is 33.5. The Morgan fingerprint density at radius 1 is 0.500 bits per heavy atom. The van der Waals surface area contributed by atoms with Crippen LogP contribution in [0.15, 0.2) is 95.5 Å². The first kappa shape index (κ1) is 16.8. The topological polar surface area (TPSA) is 0 Å². The zero-order valence-corrected chi connectivity index (χ0v) is 18.3. The average Bonchev–Trinajstić information content (AvgIpc) is 3.17. The van der Waals surface area contributed by atoms with E-state index in [4.69, 9.17) is 0 Å². The molecule has 0 saturated carbocycles. The van der Waals surface area contributed by atoms with Gasteiger partial charge < -0.3 is 0 Å². The minimum Gasteiger partial charge on any atom is -0.135 e. The van der Waals surface area contributed by atoms with Crippen LogP contribution in [-0.2, 0) is 0 Å². The lowest BCUT2D eigenvalue weighted by molar-refractivity contribution is 1.72. The third kappa shape index (κ3) is 2.15. The van der Waals surface area contributed by atoms with E-state index in [0.717, 1.165) is 4.47 Å². The van der Waals surface area contributed by atoms with Crippen LogP contribution in [0.4, 0.5) is 0 Å². The Morgan fingerprint density at radius 2 is 1.30 bits per heavy atom. The van der Waals surface area contributed by atoms with E-state index in [9.17, 15) is 0 Å². The van der Waals surface area contributed by atoms with E-state index < -0.39 is 0 Å². The van der Waals surface area contributed by atoms with Gasteiger partial charge in [0.05, 0.1) is 0 Å². The Labute approximate surface area is 185 Å². The summed E-state index contributed by atoms with van der Waals surface area (Å²) in [4.78, 5) is 0. The number of fused-ring (bicyclic) bond motifs is 3. The predicted octanol–water partition coefficient (Wildman–Crippen LogP) is 9.38. The molecule has 1 heterocycles. The lowest BCUT2D eigenvalue weighted by Gasteiger charge is -2.16. The molecule has 0 aliphatic heterocycles. The van der Waals surface area contributed by atoms with Gasteiger partial charge in [0.2, 0.25) is 0 Å². The number of benzene rings is 6. The van der Waals surface area contributed by atoms with Gasteiger partial charge >= 0.3 is 0 Å². The summed E-state index contributed by atoms with van der Waals surface area (Å²) in [6.45, 7) is 0. The normalized spacial score (nSPS) is 12.2.